The molecule has 0 saturated carbocycles. The lowest BCUT2D eigenvalue weighted by atomic mass is 10.2. The van der Waals surface area contributed by atoms with Gasteiger partial charge in [-0.2, -0.15) is 0 Å². The molecule has 1 rings (SSSR count). The van der Waals surface area contributed by atoms with Gasteiger partial charge in [0.2, 0.25) is 0 Å². The lowest BCUT2D eigenvalue weighted by Crippen LogP contribution is -1.73. The molecule has 0 fully saturated rings. The van der Waals surface area contributed by atoms with Gasteiger partial charge in [0.25, 0.3) is 0 Å². The molecule has 0 saturated heterocycles. The smallest absolute Gasteiger partial charge is 0.200 e. The molecular weight excluding hydrogens is 237 g/mol. The molecule has 0 aromatic heterocycles. The molecule has 0 bridgehead atoms. The monoisotopic (exact) mass is 243 g/mol. The summed E-state index contributed by atoms with van der Waals surface area (Å²) >= 11 is 2.17. The van der Waals surface area contributed by atoms with Crippen molar-refractivity contribution in [2.75, 3.05) is 0 Å². The lowest BCUT2D eigenvalue weighted by Gasteiger charge is -1.94. The van der Waals surface area contributed by atoms with Crippen molar-refractivity contribution in [1.29, 1.82) is 0 Å². The molecule has 0 heterocycles. The molecule has 1 aromatic rings. The van der Waals surface area contributed by atoms with Crippen molar-refractivity contribution in [2.45, 2.75) is 6.92 Å². The van der Waals surface area contributed by atoms with Crippen molar-refractivity contribution < 1.29 is 0 Å². The molecule has 0 aliphatic heterocycles. The van der Waals surface area contributed by atoms with E-state index in [1.165, 1.54) is 5.56 Å². The molecule has 0 spiro atoms. The van der Waals surface area contributed by atoms with Crippen LogP contribution in [0.2, 0.25) is 0 Å². The second kappa shape index (κ2) is 3.02. The number of halogens is 1. The van der Waals surface area contributed by atoms with Crippen LogP contribution in [0.5, 0.6) is 0 Å². The summed E-state index contributed by atoms with van der Waals surface area (Å²) in [5.41, 5.74) is 1.95. The summed E-state index contributed by atoms with van der Waals surface area (Å²) in [5, 5.41) is 0. The van der Waals surface area contributed by atoms with Crippen LogP contribution < -0.4 is 0 Å². The largest absolute Gasteiger partial charge is 0.237 e. The van der Waals surface area contributed by atoms with E-state index in [4.69, 9.17) is 6.57 Å². The Morgan fingerprint density at radius 2 is 2.20 bits per heavy atom. The van der Waals surface area contributed by atoms with Gasteiger partial charge in [-0.05, 0) is 6.92 Å². The van der Waals surface area contributed by atoms with Crippen molar-refractivity contribution in [3.8, 4) is 0 Å². The van der Waals surface area contributed by atoms with E-state index in [2.05, 4.69) is 27.4 Å². The third-order valence-corrected chi connectivity index (χ3v) is 2.09. The molecule has 0 atom stereocenters. The fourth-order valence-electron chi connectivity index (χ4n) is 0.703. The van der Waals surface area contributed by atoms with Crippen LogP contribution in [0.1, 0.15) is 5.56 Å². The van der Waals surface area contributed by atoms with E-state index >= 15 is 0 Å². The average Bonchev–Trinajstić information content (AvgIpc) is 1.88. The Kier molecular flexibility index (Phi) is 2.28. The zero-order valence-corrected chi connectivity index (χ0v) is 7.71. The van der Waals surface area contributed by atoms with Crippen molar-refractivity contribution >= 4 is 28.3 Å². The molecule has 2 heteroatoms. The van der Waals surface area contributed by atoms with Crippen LogP contribution in [0.4, 0.5) is 5.69 Å². The van der Waals surface area contributed by atoms with Crippen LogP contribution in [-0.2, 0) is 0 Å². The predicted molar refractivity (Wildman–Crippen MR) is 50.2 cm³/mol. The van der Waals surface area contributed by atoms with E-state index < -0.39 is 0 Å². The molecule has 0 aliphatic carbocycles. The average molecular weight is 243 g/mol. The maximum absolute atomic E-state index is 6.78. The first-order valence-electron chi connectivity index (χ1n) is 2.87. The third kappa shape index (κ3) is 1.48. The van der Waals surface area contributed by atoms with Crippen molar-refractivity contribution in [1.82, 2.24) is 0 Å². The van der Waals surface area contributed by atoms with E-state index in [9.17, 15) is 0 Å². The van der Waals surface area contributed by atoms with Crippen LogP contribution in [0.3, 0.4) is 0 Å². The Morgan fingerprint density at radius 3 is 2.70 bits per heavy atom. The highest BCUT2D eigenvalue weighted by molar-refractivity contribution is 14.1. The maximum atomic E-state index is 6.78. The Bertz CT molecular complexity index is 286. The fraction of sp³-hybridized carbons (Fsp3) is 0.125. The van der Waals surface area contributed by atoms with Gasteiger partial charge < -0.3 is 0 Å². The minimum Gasteiger partial charge on any atom is -0.237 e. The molecule has 0 aliphatic rings. The highest BCUT2D eigenvalue weighted by atomic mass is 127. The first-order chi connectivity index (χ1) is 4.74. The Hall–Kier alpha value is -0.560. The SMILES string of the molecule is [C-]#[N+]c1ccc(C)cc1I. The van der Waals surface area contributed by atoms with Gasteiger partial charge in [-0.1, -0.05) is 46.4 Å². The quantitative estimate of drug-likeness (QED) is 0.487. The molecule has 0 unspecified atom stereocenters. The second-order valence-corrected chi connectivity index (χ2v) is 3.23. The minimum absolute atomic E-state index is 0.742. The van der Waals surface area contributed by atoms with Gasteiger partial charge in [-0.25, -0.2) is 4.85 Å². The van der Waals surface area contributed by atoms with Crippen LogP contribution in [0.15, 0.2) is 18.2 Å². The minimum atomic E-state index is 0.742. The van der Waals surface area contributed by atoms with Crippen LogP contribution in [-0.4, -0.2) is 0 Å². The highest BCUT2D eigenvalue weighted by Crippen LogP contribution is 2.21. The summed E-state index contributed by atoms with van der Waals surface area (Å²) in [6, 6.07) is 5.81. The van der Waals surface area contributed by atoms with Gasteiger partial charge in [0.1, 0.15) is 0 Å². The summed E-state index contributed by atoms with van der Waals surface area (Å²) in [7, 11) is 0. The summed E-state index contributed by atoms with van der Waals surface area (Å²) < 4.78 is 1.03. The Morgan fingerprint density at radius 1 is 1.50 bits per heavy atom. The molecule has 0 amide bonds. The van der Waals surface area contributed by atoms with Crippen molar-refractivity contribution in [3.63, 3.8) is 0 Å². The van der Waals surface area contributed by atoms with Gasteiger partial charge in [-0.3, -0.25) is 0 Å². The van der Waals surface area contributed by atoms with Crippen LogP contribution in [0, 0.1) is 17.1 Å². The van der Waals surface area contributed by atoms with Gasteiger partial charge >= 0.3 is 0 Å². The standard InChI is InChI=1S/C8H6IN/c1-6-3-4-8(10-2)7(9)5-6/h3-5H,1H3. The molecule has 50 valence electrons. The normalized spacial score (nSPS) is 8.90. The van der Waals surface area contributed by atoms with Crippen molar-refractivity contribution in [2.24, 2.45) is 0 Å². The van der Waals surface area contributed by atoms with Crippen molar-refractivity contribution in [3.05, 3.63) is 38.7 Å². The topological polar surface area (TPSA) is 4.36 Å². The predicted octanol–water partition coefficient (Wildman–Crippen LogP) is 3.15. The van der Waals surface area contributed by atoms with E-state index in [1.54, 1.807) is 0 Å². The first-order valence-corrected chi connectivity index (χ1v) is 3.95. The van der Waals surface area contributed by atoms with E-state index in [1.807, 2.05) is 25.1 Å². The van der Waals surface area contributed by atoms with Gasteiger partial charge in [-0.15, -0.1) is 0 Å². The lowest BCUT2D eigenvalue weighted by molar-refractivity contribution is 1.46. The summed E-state index contributed by atoms with van der Waals surface area (Å²) in [4.78, 5) is 3.35. The van der Waals surface area contributed by atoms with Gasteiger partial charge in [0, 0.05) is 3.57 Å². The number of hydrogen-bond acceptors (Lipinski definition) is 0. The number of aryl methyl sites for hydroxylation is 1. The summed E-state index contributed by atoms with van der Waals surface area (Å²) in [5.74, 6) is 0. The van der Waals surface area contributed by atoms with E-state index in [-0.39, 0.29) is 0 Å². The maximum Gasteiger partial charge on any atom is 0.200 e. The van der Waals surface area contributed by atoms with E-state index in [0.717, 1.165) is 9.26 Å². The van der Waals surface area contributed by atoms with Crippen LogP contribution >= 0.6 is 22.6 Å². The fourth-order valence-corrected chi connectivity index (χ4v) is 1.49. The number of rotatable bonds is 0. The molecule has 0 radical (unpaired) electrons. The second-order valence-electron chi connectivity index (χ2n) is 2.07. The number of nitrogens with zero attached hydrogens (tertiary/aromatic N) is 1. The molecule has 1 aromatic carbocycles. The number of benzene rings is 1. The van der Waals surface area contributed by atoms with Gasteiger partial charge in [0.15, 0.2) is 5.69 Å². The highest BCUT2D eigenvalue weighted by Gasteiger charge is 1.95. The molecule has 1 nitrogen and oxygen atoms in total. The Balaban J connectivity index is 3.23. The zero-order valence-electron chi connectivity index (χ0n) is 5.56. The number of hydrogen-bond donors (Lipinski definition) is 0. The zero-order chi connectivity index (χ0) is 7.56. The third-order valence-electron chi connectivity index (χ3n) is 1.22. The first kappa shape index (κ1) is 7.55. The Labute approximate surface area is 74.0 Å². The summed E-state index contributed by atoms with van der Waals surface area (Å²) in [6.45, 7) is 8.80. The molecule has 10 heavy (non-hydrogen) atoms. The summed E-state index contributed by atoms with van der Waals surface area (Å²) in [6.07, 6.45) is 0. The van der Waals surface area contributed by atoms with Crippen LogP contribution in [0.25, 0.3) is 4.85 Å². The molecule has 0 N–H and O–H groups in total. The molecular formula is C8H6IN. The van der Waals surface area contributed by atoms with Gasteiger partial charge in [0.05, 0.1) is 6.57 Å². The van der Waals surface area contributed by atoms with E-state index in [0.29, 0.717) is 0 Å².